The van der Waals surface area contributed by atoms with Crippen molar-refractivity contribution in [3.8, 4) is 0 Å². The fraction of sp³-hybridized carbons (Fsp3) is 0.543. The summed E-state index contributed by atoms with van der Waals surface area (Å²) in [5, 5.41) is 5.10. The van der Waals surface area contributed by atoms with Crippen LogP contribution in [0.25, 0.3) is 0 Å². The number of hydrogen-bond acceptors (Lipinski definition) is 0. The summed E-state index contributed by atoms with van der Waals surface area (Å²) in [7, 11) is -7.54. The normalized spacial score (nSPS) is 16.4. The first-order chi connectivity index (χ1) is 19.5. The Morgan fingerprint density at radius 1 is 0.643 bits per heavy atom. The molecule has 0 fully saturated rings. The first-order valence-electron chi connectivity index (χ1n) is 16.3. The van der Waals surface area contributed by atoms with Gasteiger partial charge in [-0.2, -0.15) is 0 Å². The third kappa shape index (κ3) is 8.95. The van der Waals surface area contributed by atoms with Gasteiger partial charge in [-0.25, -0.2) is 0 Å². The van der Waals surface area contributed by atoms with E-state index in [-0.39, 0.29) is 0 Å². The van der Waals surface area contributed by atoms with Crippen molar-refractivity contribution < 1.29 is 21.8 Å². The van der Waals surface area contributed by atoms with Gasteiger partial charge in [0.2, 0.25) is 0 Å². The summed E-state index contributed by atoms with van der Waals surface area (Å²) in [6.07, 6.45) is 8.97. The second kappa shape index (κ2) is 15.2. The second-order valence-corrected chi connectivity index (χ2v) is 45.0. The van der Waals surface area contributed by atoms with Gasteiger partial charge in [-0.05, 0) is 0 Å². The molecule has 0 N–H and O–H groups in total. The zero-order valence-corrected chi connectivity index (χ0v) is 36.2. The molecule has 42 heavy (non-hydrogen) atoms. The van der Waals surface area contributed by atoms with Gasteiger partial charge < -0.3 is 0 Å². The number of halogens is 2. The molecule has 7 heteroatoms. The Morgan fingerprint density at radius 2 is 1.05 bits per heavy atom. The molecule has 0 nitrogen and oxygen atoms in total. The van der Waals surface area contributed by atoms with Crippen LogP contribution in [0.15, 0.2) is 80.4 Å². The Bertz CT molecular complexity index is 1170. The van der Waals surface area contributed by atoms with Gasteiger partial charge in [0.1, 0.15) is 0 Å². The van der Waals surface area contributed by atoms with Crippen LogP contribution in [0.3, 0.4) is 0 Å². The molecule has 0 amide bonds. The molecule has 0 saturated carbocycles. The van der Waals surface area contributed by atoms with Crippen LogP contribution >= 0.6 is 22.2 Å². The van der Waals surface area contributed by atoms with Crippen LogP contribution in [0, 0.1) is 0 Å². The van der Waals surface area contributed by atoms with Gasteiger partial charge in [0.05, 0.1) is 0 Å². The molecule has 0 saturated heterocycles. The first-order valence-corrected chi connectivity index (χ1v) is 35.3. The van der Waals surface area contributed by atoms with E-state index in [4.69, 9.17) is 22.2 Å². The van der Waals surface area contributed by atoms with Gasteiger partial charge >= 0.3 is 283 Å². The third-order valence-corrected chi connectivity index (χ3v) is 41.1. The van der Waals surface area contributed by atoms with Crippen LogP contribution in [0.5, 0.6) is 0 Å². The Labute approximate surface area is 280 Å². The van der Waals surface area contributed by atoms with E-state index in [2.05, 4.69) is 133 Å². The predicted molar refractivity (Wildman–Crippen MR) is 199 cm³/mol. The third-order valence-electron chi connectivity index (χ3n) is 9.92. The Kier molecular flexibility index (Phi) is 13.3. The number of benzene rings is 2. The quantitative estimate of drug-likeness (QED) is 0.126. The Balaban J connectivity index is 2.30. The summed E-state index contributed by atoms with van der Waals surface area (Å²) < 4.78 is 4.52. The van der Waals surface area contributed by atoms with E-state index in [1.54, 1.807) is 0 Å². The topological polar surface area (TPSA) is 0 Å². The van der Waals surface area contributed by atoms with Crippen molar-refractivity contribution in [3.05, 3.63) is 91.5 Å². The number of allylic oxidation sites excluding steroid dienone is 4. The van der Waals surface area contributed by atoms with Crippen LogP contribution in [-0.2, 0) is 30.0 Å². The molecule has 2 aromatic rings. The summed E-state index contributed by atoms with van der Waals surface area (Å²) >= 11 is 12.8. The molecule has 0 radical (unpaired) electrons. The average Bonchev–Trinajstić information content (AvgIpc) is 3.37. The van der Waals surface area contributed by atoms with E-state index < -0.39 is 52.7 Å². The molecule has 1 aliphatic rings. The molecule has 2 unspecified atom stereocenters. The molecule has 2 aromatic carbocycles. The molecule has 0 heterocycles. The van der Waals surface area contributed by atoms with E-state index in [9.17, 15) is 0 Å². The molecule has 3 rings (SSSR count). The van der Waals surface area contributed by atoms with Gasteiger partial charge in [0.15, 0.2) is 0 Å². The molecular formula is C35H57Cl2Si4Zr. The Hall–Kier alpha value is 0.251. The minimum atomic E-state index is -2.15. The zero-order chi connectivity index (χ0) is 31.3. The van der Waals surface area contributed by atoms with Crippen LogP contribution in [0.4, 0.5) is 0 Å². The SMILES string of the molecule is CCCC([Si](C)(C)Cl)[Si](C)(C)C1=CC[C]([Zr]([CH2]c2ccccc2)[CH2]c2ccccc2)=C1[Si](C)(C)C(CCC)[Si](C)(C)Cl. The molecule has 0 aliphatic heterocycles. The fourth-order valence-electron chi connectivity index (χ4n) is 8.24. The van der Waals surface area contributed by atoms with Crippen molar-refractivity contribution in [2.75, 3.05) is 0 Å². The van der Waals surface area contributed by atoms with Crippen molar-refractivity contribution in [2.24, 2.45) is 0 Å². The Morgan fingerprint density at radius 3 is 1.43 bits per heavy atom. The molecule has 231 valence electrons. The maximum absolute atomic E-state index is 7.52. The van der Waals surface area contributed by atoms with E-state index in [1.165, 1.54) is 51.5 Å². The van der Waals surface area contributed by atoms with Gasteiger partial charge in [-0.1, -0.05) is 0 Å². The molecular weight excluding hydrogens is 695 g/mol. The molecule has 2 atom stereocenters. The maximum atomic E-state index is 7.52. The van der Waals surface area contributed by atoms with E-state index in [0.29, 0.717) is 10.3 Å². The standard InChI is InChI=1S/C21H43Cl2Si4.2C7H7.Zr/c1-11-14-20(26(7,8)22)24(3,4)18-16-13-17-19(18)25(5,6)21(15-12-2)27(9,10)23;2*1-7-5-3-2-4-6-7;/h16,20-21H,11-15H2,1-10H3;2*2-6H,1H2;. The summed E-state index contributed by atoms with van der Waals surface area (Å²) in [6, 6.07) is 22.8. The van der Waals surface area contributed by atoms with Gasteiger partial charge in [-0.15, -0.1) is 0 Å². The predicted octanol–water partition coefficient (Wildman–Crippen LogP) is 12.4. The van der Waals surface area contributed by atoms with Crippen LogP contribution < -0.4 is 0 Å². The van der Waals surface area contributed by atoms with E-state index in [0.717, 1.165) is 0 Å². The molecule has 0 spiro atoms. The summed E-state index contributed by atoms with van der Waals surface area (Å²) in [5.74, 6) is 0. The average molecular weight is 752 g/mol. The van der Waals surface area contributed by atoms with Crippen LogP contribution in [0.1, 0.15) is 57.1 Å². The van der Waals surface area contributed by atoms with Crippen molar-refractivity contribution in [1.82, 2.24) is 0 Å². The van der Waals surface area contributed by atoms with Crippen molar-refractivity contribution in [1.29, 1.82) is 0 Å². The van der Waals surface area contributed by atoms with Gasteiger partial charge in [0.25, 0.3) is 0 Å². The summed E-state index contributed by atoms with van der Waals surface area (Å²) in [6.45, 7) is 25.3. The first kappa shape index (κ1) is 36.7. The molecule has 0 aromatic heterocycles. The van der Waals surface area contributed by atoms with E-state index >= 15 is 0 Å². The summed E-state index contributed by atoms with van der Waals surface area (Å²) in [4.78, 5) is 0. The van der Waals surface area contributed by atoms with Crippen LogP contribution in [0.2, 0.25) is 62.7 Å². The fourth-order valence-corrected chi connectivity index (χ4v) is 49.0. The van der Waals surface area contributed by atoms with E-state index in [1.807, 2.05) is 13.7 Å². The number of hydrogen-bond donors (Lipinski definition) is 0. The monoisotopic (exact) mass is 749 g/mol. The van der Waals surface area contributed by atoms with Gasteiger partial charge in [0, 0.05) is 0 Å². The minimum absolute atomic E-state index is 0.678. The van der Waals surface area contributed by atoms with Crippen LogP contribution in [-0.4, -0.2) is 30.9 Å². The number of rotatable bonds is 15. The van der Waals surface area contributed by atoms with Crippen molar-refractivity contribution in [2.45, 2.75) is 117 Å². The molecule has 1 aliphatic carbocycles. The van der Waals surface area contributed by atoms with Gasteiger partial charge in [-0.3, -0.25) is 0 Å². The second-order valence-electron chi connectivity index (χ2n) is 14.9. The van der Waals surface area contributed by atoms with Crippen molar-refractivity contribution >= 4 is 53.1 Å². The summed E-state index contributed by atoms with van der Waals surface area (Å²) in [5.41, 5.74) is 3.07. The zero-order valence-electron chi connectivity index (χ0n) is 28.2. The molecule has 0 bridgehead atoms. The van der Waals surface area contributed by atoms with Crippen molar-refractivity contribution in [3.63, 3.8) is 0 Å².